The Balaban J connectivity index is 2.42. The Labute approximate surface area is 124 Å². The molecule has 0 saturated carbocycles. The number of benzene rings is 1. The summed E-state index contributed by atoms with van der Waals surface area (Å²) >= 11 is 15.9. The van der Waals surface area contributed by atoms with Crippen LogP contribution < -0.4 is 4.74 Å². The van der Waals surface area contributed by atoms with E-state index in [1.807, 2.05) is 19.1 Å². The molecule has 1 heterocycles. The van der Waals surface area contributed by atoms with Gasteiger partial charge in [-0.2, -0.15) is 0 Å². The number of aryl methyl sites for hydroxylation is 1. The first-order valence-corrected chi connectivity index (χ1v) is 6.93. The van der Waals surface area contributed by atoms with Crippen molar-refractivity contribution in [3.8, 4) is 5.75 Å². The molecule has 0 radical (unpaired) electrons. The van der Waals surface area contributed by atoms with Crippen LogP contribution in [-0.2, 0) is 0 Å². The zero-order valence-electron chi connectivity index (χ0n) is 9.84. The second kappa shape index (κ2) is 5.55. The third kappa shape index (κ3) is 2.68. The van der Waals surface area contributed by atoms with Gasteiger partial charge >= 0.3 is 0 Å². The van der Waals surface area contributed by atoms with Gasteiger partial charge in [0.25, 0.3) is 0 Å². The summed E-state index contributed by atoms with van der Waals surface area (Å²) < 4.78 is 10.7. The maximum atomic E-state index is 6.22. The minimum absolute atomic E-state index is 0.137. The molecule has 0 aliphatic carbocycles. The average Bonchev–Trinajstić information content (AvgIpc) is 2.77. The van der Waals surface area contributed by atoms with Crippen LogP contribution in [0.4, 0.5) is 0 Å². The topological polar surface area (TPSA) is 22.4 Å². The van der Waals surface area contributed by atoms with E-state index in [1.165, 1.54) is 0 Å². The van der Waals surface area contributed by atoms with E-state index in [2.05, 4.69) is 15.9 Å². The van der Waals surface area contributed by atoms with Gasteiger partial charge in [0.15, 0.2) is 0 Å². The van der Waals surface area contributed by atoms with Crippen molar-refractivity contribution in [2.75, 3.05) is 7.11 Å². The minimum atomic E-state index is -0.137. The Morgan fingerprint density at radius 1 is 1.22 bits per heavy atom. The van der Waals surface area contributed by atoms with Gasteiger partial charge in [0.1, 0.15) is 17.3 Å². The summed E-state index contributed by atoms with van der Waals surface area (Å²) in [5.74, 6) is 2.20. The Hall–Kier alpha value is -0.640. The molecular weight excluding hydrogens is 339 g/mol. The molecule has 1 atom stereocenters. The number of hydrogen-bond donors (Lipinski definition) is 0. The Morgan fingerprint density at radius 2 is 1.94 bits per heavy atom. The molecule has 0 bridgehead atoms. The number of rotatable bonds is 3. The van der Waals surface area contributed by atoms with E-state index in [1.54, 1.807) is 19.2 Å². The first-order valence-electron chi connectivity index (χ1n) is 5.26. The molecule has 0 aliphatic heterocycles. The smallest absolute Gasteiger partial charge is 0.138 e. The van der Waals surface area contributed by atoms with Gasteiger partial charge in [-0.3, -0.25) is 0 Å². The maximum absolute atomic E-state index is 6.22. The summed E-state index contributed by atoms with van der Waals surface area (Å²) in [6, 6.07) is 7.29. The fourth-order valence-corrected chi connectivity index (χ4v) is 2.91. The molecule has 1 aromatic heterocycles. The van der Waals surface area contributed by atoms with Gasteiger partial charge in [-0.1, -0.05) is 39.1 Å². The van der Waals surface area contributed by atoms with Gasteiger partial charge in [0.2, 0.25) is 0 Å². The fraction of sp³-hybridized carbons (Fsp3) is 0.231. The highest BCUT2D eigenvalue weighted by Gasteiger charge is 2.19. The van der Waals surface area contributed by atoms with E-state index >= 15 is 0 Å². The third-order valence-corrected chi connectivity index (χ3v) is 4.12. The van der Waals surface area contributed by atoms with E-state index in [0.29, 0.717) is 15.8 Å². The summed E-state index contributed by atoms with van der Waals surface area (Å²) in [4.78, 5) is -0.137. The molecule has 96 valence electrons. The van der Waals surface area contributed by atoms with Crippen LogP contribution in [0.2, 0.25) is 10.0 Å². The molecule has 5 heteroatoms. The molecular formula is C13H11BrCl2O2. The average molecular weight is 350 g/mol. The number of halogens is 3. The van der Waals surface area contributed by atoms with Crippen LogP contribution in [0.1, 0.15) is 21.9 Å². The van der Waals surface area contributed by atoms with E-state index in [0.717, 1.165) is 17.1 Å². The Bertz CT molecular complexity index is 566. The van der Waals surface area contributed by atoms with Crippen molar-refractivity contribution >= 4 is 39.1 Å². The lowest BCUT2D eigenvalue weighted by molar-refractivity contribution is 0.415. The molecule has 0 amide bonds. The summed E-state index contributed by atoms with van der Waals surface area (Å²) in [5, 5.41) is 1.09. The molecule has 1 unspecified atom stereocenters. The SMILES string of the molecule is COc1cc(Cl)c(C(Br)c2ccc(C)o2)cc1Cl. The van der Waals surface area contributed by atoms with Gasteiger partial charge in [0.05, 0.1) is 17.0 Å². The van der Waals surface area contributed by atoms with Crippen molar-refractivity contribution in [2.45, 2.75) is 11.8 Å². The standard InChI is InChI=1S/C13H11BrCl2O2/c1-7-3-4-11(18-7)13(14)8-5-10(16)12(17-2)6-9(8)15/h3-6,13H,1-2H3. The van der Waals surface area contributed by atoms with Crippen molar-refractivity contribution in [1.29, 1.82) is 0 Å². The first kappa shape index (κ1) is 13.8. The molecule has 2 nitrogen and oxygen atoms in total. The molecule has 0 fully saturated rings. The zero-order valence-corrected chi connectivity index (χ0v) is 12.9. The van der Waals surface area contributed by atoms with Gasteiger partial charge in [-0.25, -0.2) is 0 Å². The van der Waals surface area contributed by atoms with Crippen molar-refractivity contribution in [1.82, 2.24) is 0 Å². The Kier molecular flexibility index (Phi) is 4.25. The third-order valence-electron chi connectivity index (χ3n) is 2.56. The Morgan fingerprint density at radius 3 is 2.50 bits per heavy atom. The normalized spacial score (nSPS) is 12.5. The van der Waals surface area contributed by atoms with Crippen molar-refractivity contribution < 1.29 is 9.15 Å². The predicted octanol–water partition coefficient (Wildman–Crippen LogP) is 5.39. The van der Waals surface area contributed by atoms with Crippen molar-refractivity contribution in [3.05, 3.63) is 51.4 Å². The second-order valence-corrected chi connectivity index (χ2v) is 5.55. The molecule has 1 aromatic carbocycles. The molecule has 0 N–H and O–H groups in total. The molecule has 18 heavy (non-hydrogen) atoms. The van der Waals surface area contributed by atoms with Crippen LogP contribution in [0, 0.1) is 6.92 Å². The summed E-state index contributed by atoms with van der Waals surface area (Å²) in [6.45, 7) is 1.89. The van der Waals surface area contributed by atoms with Crippen LogP contribution in [0.5, 0.6) is 5.75 Å². The largest absolute Gasteiger partial charge is 0.495 e. The van der Waals surface area contributed by atoms with Gasteiger partial charge < -0.3 is 9.15 Å². The number of alkyl halides is 1. The van der Waals surface area contributed by atoms with Crippen LogP contribution in [0.15, 0.2) is 28.7 Å². The fourth-order valence-electron chi connectivity index (χ4n) is 1.64. The van der Waals surface area contributed by atoms with Crippen molar-refractivity contribution in [3.63, 3.8) is 0 Å². The zero-order chi connectivity index (χ0) is 13.3. The number of furan rings is 1. The predicted molar refractivity (Wildman–Crippen MR) is 77.2 cm³/mol. The van der Waals surface area contributed by atoms with Crippen LogP contribution >= 0.6 is 39.1 Å². The number of methoxy groups -OCH3 is 1. The van der Waals surface area contributed by atoms with E-state index < -0.39 is 0 Å². The maximum Gasteiger partial charge on any atom is 0.138 e. The highest BCUT2D eigenvalue weighted by atomic mass is 79.9. The molecule has 2 rings (SSSR count). The lowest BCUT2D eigenvalue weighted by atomic mass is 10.1. The highest BCUT2D eigenvalue weighted by Crippen LogP contribution is 2.40. The van der Waals surface area contributed by atoms with E-state index in [4.69, 9.17) is 32.4 Å². The number of hydrogen-bond acceptors (Lipinski definition) is 2. The van der Waals surface area contributed by atoms with Crippen molar-refractivity contribution in [2.24, 2.45) is 0 Å². The second-order valence-electron chi connectivity index (χ2n) is 3.82. The summed E-state index contributed by atoms with van der Waals surface area (Å²) in [6.07, 6.45) is 0. The monoisotopic (exact) mass is 348 g/mol. The van der Waals surface area contributed by atoms with Gasteiger partial charge in [-0.05, 0) is 30.7 Å². The van der Waals surface area contributed by atoms with Gasteiger partial charge in [0, 0.05) is 11.1 Å². The first-order chi connectivity index (χ1) is 8.52. The van der Waals surface area contributed by atoms with Crippen LogP contribution in [0.25, 0.3) is 0 Å². The quantitative estimate of drug-likeness (QED) is 0.693. The van der Waals surface area contributed by atoms with Gasteiger partial charge in [-0.15, -0.1) is 0 Å². The van der Waals surface area contributed by atoms with Crippen LogP contribution in [0.3, 0.4) is 0 Å². The summed E-state index contributed by atoms with van der Waals surface area (Å²) in [7, 11) is 1.55. The highest BCUT2D eigenvalue weighted by molar-refractivity contribution is 9.09. The van der Waals surface area contributed by atoms with Crippen LogP contribution in [-0.4, -0.2) is 7.11 Å². The van der Waals surface area contributed by atoms with E-state index in [9.17, 15) is 0 Å². The lowest BCUT2D eigenvalue weighted by Gasteiger charge is -2.12. The lowest BCUT2D eigenvalue weighted by Crippen LogP contribution is -1.94. The summed E-state index contributed by atoms with van der Waals surface area (Å²) in [5.41, 5.74) is 0.844. The molecule has 0 spiro atoms. The number of ether oxygens (including phenoxy) is 1. The molecule has 2 aromatic rings. The molecule has 0 saturated heterocycles. The molecule has 0 aliphatic rings. The minimum Gasteiger partial charge on any atom is -0.495 e. The van der Waals surface area contributed by atoms with E-state index in [-0.39, 0.29) is 4.83 Å².